The van der Waals surface area contributed by atoms with E-state index in [9.17, 15) is 17.6 Å². The Kier molecular flexibility index (Phi) is 5.98. The van der Waals surface area contributed by atoms with Gasteiger partial charge in [-0.3, -0.25) is 0 Å². The van der Waals surface area contributed by atoms with Crippen LogP contribution in [0.25, 0.3) is 5.82 Å². The summed E-state index contributed by atoms with van der Waals surface area (Å²) in [6.45, 7) is 6.01. The summed E-state index contributed by atoms with van der Waals surface area (Å²) in [6, 6.07) is 0. The number of hydrogen-bond donors (Lipinski definition) is 1. The lowest BCUT2D eigenvalue weighted by molar-refractivity contribution is -0.183. The molecule has 26 heavy (non-hydrogen) atoms. The quantitative estimate of drug-likeness (QED) is 0.748. The summed E-state index contributed by atoms with van der Waals surface area (Å²) in [5.74, 6) is 0.341. The Morgan fingerprint density at radius 1 is 1.19 bits per heavy atom. The van der Waals surface area contributed by atoms with Gasteiger partial charge in [0.05, 0.1) is 6.61 Å². The molecule has 0 aliphatic rings. The second kappa shape index (κ2) is 7.83. The third-order valence-electron chi connectivity index (χ3n) is 3.19. The van der Waals surface area contributed by atoms with Crippen molar-refractivity contribution in [2.24, 2.45) is 5.41 Å². The highest BCUT2D eigenvalue weighted by atomic mass is 19.4. The van der Waals surface area contributed by atoms with Gasteiger partial charge >= 0.3 is 6.18 Å². The molecule has 144 valence electrons. The van der Waals surface area contributed by atoms with Crippen LogP contribution in [0.1, 0.15) is 27.2 Å². The molecule has 1 unspecified atom stereocenters. The summed E-state index contributed by atoms with van der Waals surface area (Å²) in [4.78, 5) is 11.9. The lowest BCUT2D eigenvalue weighted by atomic mass is 9.97. The van der Waals surface area contributed by atoms with Crippen LogP contribution in [0.4, 0.5) is 23.2 Å². The molecule has 1 N–H and O–H groups in total. The van der Waals surface area contributed by atoms with E-state index < -0.39 is 25.4 Å². The first-order valence-electron chi connectivity index (χ1n) is 7.85. The number of hydrogen-bond acceptors (Lipinski definition) is 6. The Labute approximate surface area is 147 Å². The third-order valence-corrected chi connectivity index (χ3v) is 3.19. The lowest BCUT2D eigenvalue weighted by Gasteiger charge is -2.22. The zero-order valence-electron chi connectivity index (χ0n) is 14.6. The Morgan fingerprint density at radius 2 is 1.92 bits per heavy atom. The molecule has 2 aromatic rings. The maximum atomic E-state index is 13.0. The number of ether oxygens (including phenoxy) is 1. The van der Waals surface area contributed by atoms with Gasteiger partial charge in [0.25, 0.3) is 0 Å². The largest absolute Gasteiger partial charge is 0.476 e. The van der Waals surface area contributed by atoms with E-state index in [1.807, 2.05) is 20.8 Å². The van der Waals surface area contributed by atoms with E-state index in [1.54, 1.807) is 0 Å². The first-order chi connectivity index (χ1) is 12.1. The predicted octanol–water partition coefficient (Wildman–Crippen LogP) is 3.18. The maximum absolute atomic E-state index is 13.0. The summed E-state index contributed by atoms with van der Waals surface area (Å²) >= 11 is 0. The molecule has 0 amide bonds. The van der Waals surface area contributed by atoms with E-state index in [0.717, 1.165) is 0 Å². The highest BCUT2D eigenvalue weighted by molar-refractivity contribution is 5.63. The molecule has 2 aromatic heterocycles. The van der Waals surface area contributed by atoms with Crippen molar-refractivity contribution in [2.45, 2.75) is 39.5 Å². The average molecular weight is 376 g/mol. The number of nitrogens with one attached hydrogen (secondary N) is 1. The Morgan fingerprint density at radius 3 is 2.50 bits per heavy atom. The molecule has 0 saturated heterocycles. The number of anilines is 1. The van der Waals surface area contributed by atoms with E-state index in [1.165, 1.54) is 23.7 Å². The van der Waals surface area contributed by atoms with Crippen molar-refractivity contribution in [1.29, 1.82) is 0 Å². The minimum atomic E-state index is -4.91. The number of alkyl halides is 4. The highest BCUT2D eigenvalue weighted by Gasteiger charge is 2.39. The van der Waals surface area contributed by atoms with Crippen molar-refractivity contribution in [2.75, 3.05) is 18.5 Å². The second-order valence-electron chi connectivity index (χ2n) is 6.78. The molecule has 0 aliphatic carbocycles. The molecule has 7 nitrogen and oxygen atoms in total. The van der Waals surface area contributed by atoms with E-state index in [-0.39, 0.29) is 11.3 Å². The summed E-state index contributed by atoms with van der Waals surface area (Å²) in [7, 11) is 0. The Hall–Kier alpha value is -2.46. The SMILES string of the molecule is CC(C)(C)CNc1c(OCCC(F)C(F)(F)F)ncnc1-n1cncn1. The van der Waals surface area contributed by atoms with Gasteiger partial charge < -0.3 is 10.1 Å². The minimum absolute atomic E-state index is 0.0177. The summed E-state index contributed by atoms with van der Waals surface area (Å²) in [6.07, 6.45) is -4.78. The van der Waals surface area contributed by atoms with Crippen LogP contribution in [0, 0.1) is 5.41 Å². The number of nitrogens with zero attached hydrogens (tertiary/aromatic N) is 5. The van der Waals surface area contributed by atoms with Crippen molar-refractivity contribution in [1.82, 2.24) is 24.7 Å². The number of rotatable bonds is 7. The van der Waals surface area contributed by atoms with Crippen molar-refractivity contribution in [3.05, 3.63) is 19.0 Å². The summed E-state index contributed by atoms with van der Waals surface area (Å²) in [5.41, 5.74) is 0.239. The number of halogens is 4. The molecule has 0 spiro atoms. The van der Waals surface area contributed by atoms with Crippen molar-refractivity contribution >= 4 is 5.69 Å². The van der Waals surface area contributed by atoms with Crippen LogP contribution in [0.15, 0.2) is 19.0 Å². The van der Waals surface area contributed by atoms with Crippen LogP contribution in [0.3, 0.4) is 0 Å². The molecular weight excluding hydrogens is 356 g/mol. The Balaban J connectivity index is 2.20. The van der Waals surface area contributed by atoms with Gasteiger partial charge in [0.2, 0.25) is 5.88 Å². The molecule has 1 atom stereocenters. The monoisotopic (exact) mass is 376 g/mol. The van der Waals surface area contributed by atoms with Crippen LogP contribution < -0.4 is 10.1 Å². The van der Waals surface area contributed by atoms with E-state index in [4.69, 9.17) is 4.74 Å². The molecule has 2 heterocycles. The van der Waals surface area contributed by atoms with Gasteiger partial charge in [-0.25, -0.2) is 19.0 Å². The van der Waals surface area contributed by atoms with E-state index >= 15 is 0 Å². The lowest BCUT2D eigenvalue weighted by Crippen LogP contribution is -2.26. The Bertz CT molecular complexity index is 699. The maximum Gasteiger partial charge on any atom is 0.419 e. The molecule has 2 rings (SSSR count). The fourth-order valence-electron chi connectivity index (χ4n) is 1.89. The zero-order valence-corrected chi connectivity index (χ0v) is 14.6. The van der Waals surface area contributed by atoms with Gasteiger partial charge in [0, 0.05) is 13.0 Å². The molecular formula is C15H20F4N6O. The molecule has 0 bridgehead atoms. The van der Waals surface area contributed by atoms with Gasteiger partial charge in [0.1, 0.15) is 24.7 Å². The smallest absolute Gasteiger partial charge is 0.419 e. The number of aromatic nitrogens is 5. The van der Waals surface area contributed by atoms with Crippen LogP contribution >= 0.6 is 0 Å². The normalized spacial score (nSPS) is 13.5. The second-order valence-corrected chi connectivity index (χ2v) is 6.78. The van der Waals surface area contributed by atoms with E-state index in [0.29, 0.717) is 18.1 Å². The fourth-order valence-corrected chi connectivity index (χ4v) is 1.89. The summed E-state index contributed by atoms with van der Waals surface area (Å²) in [5, 5.41) is 7.11. The zero-order chi connectivity index (χ0) is 19.4. The molecule has 0 aliphatic heterocycles. The fraction of sp³-hybridized carbons (Fsp3) is 0.600. The standard InChI is InChI=1S/C15H20F4N6O/c1-14(2,3)6-21-11-12(25-9-20-7-24-25)22-8-23-13(11)26-5-4-10(16)15(17,18)19/h7-10,21H,4-6H2,1-3H3. The molecule has 0 saturated carbocycles. The van der Waals surface area contributed by atoms with Gasteiger partial charge in [-0.2, -0.15) is 23.3 Å². The average Bonchev–Trinajstić information content (AvgIpc) is 3.05. The minimum Gasteiger partial charge on any atom is -0.476 e. The van der Waals surface area contributed by atoms with E-state index in [2.05, 4.69) is 25.4 Å². The first-order valence-corrected chi connectivity index (χ1v) is 7.85. The van der Waals surface area contributed by atoms with Gasteiger partial charge in [-0.15, -0.1) is 0 Å². The molecule has 0 radical (unpaired) electrons. The summed E-state index contributed by atoms with van der Waals surface area (Å²) < 4.78 is 56.5. The predicted molar refractivity (Wildman–Crippen MR) is 86.0 cm³/mol. The molecule has 0 aromatic carbocycles. The van der Waals surface area contributed by atoms with Crippen molar-refractivity contribution in [3.63, 3.8) is 0 Å². The van der Waals surface area contributed by atoms with Crippen LogP contribution in [-0.4, -0.2) is 50.2 Å². The first kappa shape index (κ1) is 19.9. The van der Waals surface area contributed by atoms with Gasteiger partial charge in [0.15, 0.2) is 12.0 Å². The van der Waals surface area contributed by atoms with Crippen LogP contribution in [-0.2, 0) is 0 Å². The van der Waals surface area contributed by atoms with Gasteiger partial charge in [-0.1, -0.05) is 20.8 Å². The van der Waals surface area contributed by atoms with Crippen LogP contribution in [0.5, 0.6) is 5.88 Å². The van der Waals surface area contributed by atoms with Crippen molar-refractivity contribution < 1.29 is 22.3 Å². The van der Waals surface area contributed by atoms with Gasteiger partial charge in [-0.05, 0) is 5.41 Å². The van der Waals surface area contributed by atoms with Crippen LogP contribution in [0.2, 0.25) is 0 Å². The molecule has 0 fully saturated rings. The third kappa shape index (κ3) is 5.53. The van der Waals surface area contributed by atoms with Crippen molar-refractivity contribution in [3.8, 4) is 11.7 Å². The topological polar surface area (TPSA) is 77.8 Å². The molecule has 11 heteroatoms. The highest BCUT2D eigenvalue weighted by Crippen LogP contribution is 2.30.